The van der Waals surface area contributed by atoms with Gasteiger partial charge in [-0.3, -0.25) is 4.79 Å². The number of hydrogen-bond acceptors (Lipinski definition) is 3. The van der Waals surface area contributed by atoms with Crippen molar-refractivity contribution in [2.45, 2.75) is 32.8 Å². The molecule has 0 bridgehead atoms. The lowest BCUT2D eigenvalue weighted by molar-refractivity contribution is 0.110. The third-order valence-corrected chi connectivity index (χ3v) is 3.15. The maximum absolute atomic E-state index is 13.5. The molecule has 20 heavy (non-hydrogen) atoms. The number of benzene rings is 1. The standard InChI is InChI=1S/C16H17FO3/c1-3-12(4-2)19-15-7-5-11(17)9-14(15)16-8-6-13(10-18)20-16/h5-10,12H,3-4H2,1-2H3. The molecule has 0 spiro atoms. The second kappa shape index (κ2) is 6.37. The van der Waals surface area contributed by atoms with Crippen molar-refractivity contribution in [1.82, 2.24) is 0 Å². The number of carbonyl (C=O) groups excluding carboxylic acids is 1. The maximum atomic E-state index is 13.5. The molecule has 1 heterocycles. The quantitative estimate of drug-likeness (QED) is 0.731. The number of furan rings is 1. The second-order valence-corrected chi connectivity index (χ2v) is 4.52. The molecular formula is C16H17FO3. The zero-order valence-corrected chi connectivity index (χ0v) is 11.6. The van der Waals surface area contributed by atoms with Crippen LogP contribution in [0, 0.1) is 5.82 Å². The Balaban J connectivity index is 2.39. The van der Waals surface area contributed by atoms with Crippen LogP contribution in [-0.2, 0) is 0 Å². The summed E-state index contributed by atoms with van der Waals surface area (Å²) in [5.41, 5.74) is 0.519. The van der Waals surface area contributed by atoms with E-state index in [0.29, 0.717) is 23.4 Å². The van der Waals surface area contributed by atoms with Crippen LogP contribution >= 0.6 is 0 Å². The lowest BCUT2D eigenvalue weighted by atomic mass is 10.1. The SMILES string of the molecule is CCC(CC)Oc1ccc(F)cc1-c1ccc(C=O)o1. The summed E-state index contributed by atoms with van der Waals surface area (Å²) in [6.45, 7) is 4.07. The van der Waals surface area contributed by atoms with Crippen molar-refractivity contribution in [3.8, 4) is 17.1 Å². The molecule has 106 valence electrons. The fourth-order valence-electron chi connectivity index (χ4n) is 1.99. The van der Waals surface area contributed by atoms with E-state index >= 15 is 0 Å². The van der Waals surface area contributed by atoms with Crippen LogP contribution in [0.5, 0.6) is 5.75 Å². The molecule has 0 amide bonds. The molecule has 0 unspecified atom stereocenters. The van der Waals surface area contributed by atoms with Crippen molar-refractivity contribution in [2.24, 2.45) is 0 Å². The minimum atomic E-state index is -0.374. The van der Waals surface area contributed by atoms with E-state index in [9.17, 15) is 9.18 Å². The van der Waals surface area contributed by atoms with Gasteiger partial charge in [0.1, 0.15) is 17.3 Å². The van der Waals surface area contributed by atoms with E-state index in [1.165, 1.54) is 12.1 Å². The van der Waals surface area contributed by atoms with Gasteiger partial charge in [-0.05, 0) is 43.2 Å². The third kappa shape index (κ3) is 3.07. The topological polar surface area (TPSA) is 39.4 Å². The van der Waals surface area contributed by atoms with Gasteiger partial charge >= 0.3 is 0 Å². The van der Waals surface area contributed by atoms with Gasteiger partial charge in [0.25, 0.3) is 0 Å². The molecule has 2 rings (SSSR count). The zero-order valence-electron chi connectivity index (χ0n) is 11.6. The van der Waals surface area contributed by atoms with Gasteiger partial charge in [-0.25, -0.2) is 4.39 Å². The van der Waals surface area contributed by atoms with E-state index in [1.807, 2.05) is 13.8 Å². The molecule has 0 saturated heterocycles. The molecule has 0 aliphatic carbocycles. The summed E-state index contributed by atoms with van der Waals surface area (Å²) in [6, 6.07) is 7.48. The summed E-state index contributed by atoms with van der Waals surface area (Å²) in [7, 11) is 0. The Bertz CT molecular complexity index is 585. The van der Waals surface area contributed by atoms with E-state index in [1.54, 1.807) is 18.2 Å². The van der Waals surface area contributed by atoms with Crippen LogP contribution in [0.1, 0.15) is 37.2 Å². The summed E-state index contributed by atoms with van der Waals surface area (Å²) in [5, 5.41) is 0. The molecule has 0 radical (unpaired) electrons. The van der Waals surface area contributed by atoms with Crippen molar-refractivity contribution >= 4 is 6.29 Å². The molecule has 3 nitrogen and oxygen atoms in total. The van der Waals surface area contributed by atoms with Gasteiger partial charge in [-0.1, -0.05) is 13.8 Å². The Labute approximate surface area is 117 Å². The summed E-state index contributed by atoms with van der Waals surface area (Å²) < 4.78 is 24.7. The predicted octanol–water partition coefficient (Wildman–Crippen LogP) is 4.47. The lowest BCUT2D eigenvalue weighted by Crippen LogP contribution is -2.14. The first-order chi connectivity index (χ1) is 9.67. The minimum absolute atomic E-state index is 0.0692. The molecule has 2 aromatic rings. The van der Waals surface area contributed by atoms with E-state index < -0.39 is 0 Å². The smallest absolute Gasteiger partial charge is 0.185 e. The molecule has 1 aromatic heterocycles. The van der Waals surface area contributed by atoms with E-state index in [4.69, 9.17) is 9.15 Å². The summed E-state index contributed by atoms with van der Waals surface area (Å²) in [6.07, 6.45) is 2.42. The predicted molar refractivity (Wildman–Crippen MR) is 74.5 cm³/mol. The Morgan fingerprint density at radius 2 is 2.00 bits per heavy atom. The normalized spacial score (nSPS) is 10.8. The Hall–Kier alpha value is -2.10. The van der Waals surface area contributed by atoms with Gasteiger partial charge in [0, 0.05) is 0 Å². The van der Waals surface area contributed by atoms with E-state index in [2.05, 4.69) is 0 Å². The molecule has 1 aromatic carbocycles. The van der Waals surface area contributed by atoms with Crippen LogP contribution in [0.2, 0.25) is 0 Å². The third-order valence-electron chi connectivity index (χ3n) is 3.15. The maximum Gasteiger partial charge on any atom is 0.185 e. The van der Waals surface area contributed by atoms with Crippen LogP contribution in [0.25, 0.3) is 11.3 Å². The highest BCUT2D eigenvalue weighted by atomic mass is 19.1. The second-order valence-electron chi connectivity index (χ2n) is 4.52. The Kier molecular flexibility index (Phi) is 4.56. The highest BCUT2D eigenvalue weighted by molar-refractivity contribution is 5.74. The molecule has 4 heteroatoms. The van der Waals surface area contributed by atoms with Gasteiger partial charge in [0.2, 0.25) is 0 Å². The largest absolute Gasteiger partial charge is 0.490 e. The van der Waals surface area contributed by atoms with Crippen molar-refractivity contribution < 1.29 is 18.3 Å². The van der Waals surface area contributed by atoms with Gasteiger partial charge in [0.05, 0.1) is 11.7 Å². The minimum Gasteiger partial charge on any atom is -0.490 e. The summed E-state index contributed by atoms with van der Waals surface area (Å²) in [4.78, 5) is 10.7. The van der Waals surface area contributed by atoms with Crippen LogP contribution in [-0.4, -0.2) is 12.4 Å². The first-order valence-corrected chi connectivity index (χ1v) is 6.69. The molecule has 0 N–H and O–H groups in total. The highest BCUT2D eigenvalue weighted by Gasteiger charge is 2.15. The van der Waals surface area contributed by atoms with Crippen LogP contribution in [0.4, 0.5) is 4.39 Å². The molecule has 0 aliphatic heterocycles. The number of rotatable bonds is 6. The van der Waals surface area contributed by atoms with Crippen LogP contribution in [0.15, 0.2) is 34.7 Å². The van der Waals surface area contributed by atoms with Gasteiger partial charge in [0.15, 0.2) is 12.0 Å². The molecule has 0 atom stereocenters. The average molecular weight is 276 g/mol. The van der Waals surface area contributed by atoms with Crippen molar-refractivity contribution in [2.75, 3.05) is 0 Å². The fraction of sp³-hybridized carbons (Fsp3) is 0.312. The number of carbonyl (C=O) groups is 1. The molecule has 0 fully saturated rings. The van der Waals surface area contributed by atoms with E-state index in [-0.39, 0.29) is 17.7 Å². The number of ether oxygens (including phenoxy) is 1. The Morgan fingerprint density at radius 3 is 2.60 bits per heavy atom. The van der Waals surface area contributed by atoms with Crippen molar-refractivity contribution in [3.63, 3.8) is 0 Å². The van der Waals surface area contributed by atoms with Gasteiger partial charge < -0.3 is 9.15 Å². The van der Waals surface area contributed by atoms with Gasteiger partial charge in [-0.2, -0.15) is 0 Å². The molecule has 0 saturated carbocycles. The number of hydrogen-bond donors (Lipinski definition) is 0. The average Bonchev–Trinajstić information content (AvgIpc) is 2.94. The monoisotopic (exact) mass is 276 g/mol. The number of halogens is 1. The lowest BCUT2D eigenvalue weighted by Gasteiger charge is -2.17. The highest BCUT2D eigenvalue weighted by Crippen LogP contribution is 2.33. The number of aldehydes is 1. The first kappa shape index (κ1) is 14.3. The van der Waals surface area contributed by atoms with Crippen LogP contribution < -0.4 is 4.74 Å². The van der Waals surface area contributed by atoms with Crippen LogP contribution in [0.3, 0.4) is 0 Å². The fourth-order valence-corrected chi connectivity index (χ4v) is 1.99. The first-order valence-electron chi connectivity index (χ1n) is 6.69. The molecule has 0 aliphatic rings. The summed E-state index contributed by atoms with van der Waals surface area (Å²) in [5.74, 6) is 0.818. The van der Waals surface area contributed by atoms with Crippen molar-refractivity contribution in [1.29, 1.82) is 0 Å². The van der Waals surface area contributed by atoms with Crippen molar-refractivity contribution in [3.05, 3.63) is 41.9 Å². The van der Waals surface area contributed by atoms with E-state index in [0.717, 1.165) is 12.8 Å². The molecular weight excluding hydrogens is 259 g/mol. The Morgan fingerprint density at radius 1 is 1.25 bits per heavy atom. The zero-order chi connectivity index (χ0) is 14.5. The summed E-state index contributed by atoms with van der Waals surface area (Å²) >= 11 is 0. The van der Waals surface area contributed by atoms with Gasteiger partial charge in [-0.15, -0.1) is 0 Å².